The molecule has 5 nitrogen and oxygen atoms in total. The standard InChI is InChI=1S/C12H17NO4/c1-2-6(5-14)12-4-3-7(17-12)8-9(12)11(16)13-10(8)15/h6-7,13-16H,2-5H2,1H3. The van der Waals surface area contributed by atoms with Crippen molar-refractivity contribution >= 4 is 0 Å². The Kier molecular flexibility index (Phi) is 2.18. The zero-order valence-corrected chi connectivity index (χ0v) is 9.73. The molecule has 2 bridgehead atoms. The largest absolute Gasteiger partial charge is 0.494 e. The lowest BCUT2D eigenvalue weighted by molar-refractivity contribution is -0.0811. The average Bonchev–Trinajstić information content (AvgIpc) is 2.93. The molecule has 5 heteroatoms. The summed E-state index contributed by atoms with van der Waals surface area (Å²) in [4.78, 5) is 2.56. The normalized spacial score (nSPS) is 31.8. The van der Waals surface area contributed by atoms with Gasteiger partial charge in [0.1, 0.15) is 5.60 Å². The van der Waals surface area contributed by atoms with E-state index in [2.05, 4.69) is 4.98 Å². The van der Waals surface area contributed by atoms with Gasteiger partial charge >= 0.3 is 0 Å². The molecule has 1 saturated heterocycles. The molecule has 4 N–H and O–H groups in total. The van der Waals surface area contributed by atoms with Crippen molar-refractivity contribution in [3.05, 3.63) is 11.1 Å². The van der Waals surface area contributed by atoms with Crippen LogP contribution in [0.15, 0.2) is 0 Å². The van der Waals surface area contributed by atoms with Crippen LogP contribution in [0.25, 0.3) is 0 Å². The highest BCUT2D eigenvalue weighted by Crippen LogP contribution is 2.63. The summed E-state index contributed by atoms with van der Waals surface area (Å²) in [5.74, 6) is -0.0710. The van der Waals surface area contributed by atoms with Crippen LogP contribution in [0.3, 0.4) is 0 Å². The number of aliphatic hydroxyl groups is 1. The Morgan fingerprint density at radius 3 is 2.88 bits per heavy atom. The second-order valence-corrected chi connectivity index (χ2v) is 4.93. The van der Waals surface area contributed by atoms with Crippen LogP contribution in [0.1, 0.15) is 43.4 Å². The van der Waals surface area contributed by atoms with Crippen LogP contribution in [0, 0.1) is 5.92 Å². The molecule has 1 aromatic heterocycles. The molecule has 3 heterocycles. The van der Waals surface area contributed by atoms with Crippen molar-refractivity contribution in [3.63, 3.8) is 0 Å². The highest BCUT2D eigenvalue weighted by molar-refractivity contribution is 5.53. The Morgan fingerprint density at radius 1 is 1.47 bits per heavy atom. The SMILES string of the molecule is CCC(CO)C12CCC(O1)c1c(O)[nH]c(O)c12. The van der Waals surface area contributed by atoms with Gasteiger partial charge in [0.2, 0.25) is 0 Å². The van der Waals surface area contributed by atoms with E-state index in [1.807, 2.05) is 6.92 Å². The van der Waals surface area contributed by atoms with Crippen LogP contribution in [-0.2, 0) is 10.3 Å². The number of nitrogens with one attached hydrogen (secondary N) is 1. The highest BCUT2D eigenvalue weighted by Gasteiger charge is 2.57. The van der Waals surface area contributed by atoms with Crippen molar-refractivity contribution in [2.75, 3.05) is 6.61 Å². The van der Waals surface area contributed by atoms with Crippen molar-refractivity contribution in [2.45, 2.75) is 37.9 Å². The molecule has 0 amide bonds. The van der Waals surface area contributed by atoms with Crippen molar-refractivity contribution in [1.82, 2.24) is 4.98 Å². The first-order chi connectivity index (χ1) is 8.14. The number of aliphatic hydroxyl groups excluding tert-OH is 1. The summed E-state index contributed by atoms with van der Waals surface area (Å²) < 4.78 is 5.98. The predicted molar refractivity (Wildman–Crippen MR) is 59.7 cm³/mol. The molecule has 0 saturated carbocycles. The molecule has 17 heavy (non-hydrogen) atoms. The molecule has 1 aromatic rings. The van der Waals surface area contributed by atoms with Crippen LogP contribution < -0.4 is 0 Å². The molecule has 0 spiro atoms. The first kappa shape index (κ1) is 10.9. The topological polar surface area (TPSA) is 85.7 Å². The number of H-pyrrole nitrogens is 1. The third kappa shape index (κ3) is 1.16. The van der Waals surface area contributed by atoms with Crippen molar-refractivity contribution in [2.24, 2.45) is 5.92 Å². The molecule has 3 rings (SSSR count). The van der Waals surface area contributed by atoms with Gasteiger partial charge in [0, 0.05) is 12.5 Å². The second kappa shape index (κ2) is 3.40. The summed E-state index contributed by atoms with van der Waals surface area (Å²) in [5, 5.41) is 29.2. The number of hydrogen-bond acceptors (Lipinski definition) is 4. The number of fused-ring (bicyclic) bond motifs is 5. The molecule has 0 aliphatic carbocycles. The predicted octanol–water partition coefficient (Wildman–Crippen LogP) is 1.50. The van der Waals surface area contributed by atoms with Gasteiger partial charge in [0.05, 0.1) is 17.2 Å². The quantitative estimate of drug-likeness (QED) is 0.644. The van der Waals surface area contributed by atoms with Gasteiger partial charge in [-0.25, -0.2) is 0 Å². The first-order valence-electron chi connectivity index (χ1n) is 6.07. The number of ether oxygens (including phenoxy) is 1. The lowest BCUT2D eigenvalue weighted by Crippen LogP contribution is -2.34. The summed E-state index contributed by atoms with van der Waals surface area (Å²) in [6.45, 7) is 2.02. The molecule has 2 aliphatic heterocycles. The molecule has 3 atom stereocenters. The van der Waals surface area contributed by atoms with Gasteiger partial charge in [0.25, 0.3) is 0 Å². The fraction of sp³-hybridized carbons (Fsp3) is 0.667. The van der Waals surface area contributed by atoms with Crippen LogP contribution in [0.4, 0.5) is 0 Å². The van der Waals surface area contributed by atoms with Gasteiger partial charge in [-0.05, 0) is 19.3 Å². The van der Waals surface area contributed by atoms with E-state index in [-0.39, 0.29) is 30.4 Å². The van der Waals surface area contributed by atoms with E-state index in [1.165, 1.54) is 0 Å². The summed E-state index contributed by atoms with van der Waals surface area (Å²) in [6, 6.07) is 0. The van der Waals surface area contributed by atoms with Gasteiger partial charge in [-0.2, -0.15) is 0 Å². The van der Waals surface area contributed by atoms with Crippen LogP contribution in [0.5, 0.6) is 11.8 Å². The van der Waals surface area contributed by atoms with E-state index in [1.54, 1.807) is 0 Å². The average molecular weight is 239 g/mol. The number of aromatic nitrogens is 1. The van der Waals surface area contributed by atoms with Gasteiger partial charge in [-0.15, -0.1) is 0 Å². The smallest absolute Gasteiger partial charge is 0.197 e. The molecule has 0 aromatic carbocycles. The number of aromatic amines is 1. The van der Waals surface area contributed by atoms with Gasteiger partial charge < -0.3 is 20.1 Å². The maximum atomic E-state index is 9.90. The van der Waals surface area contributed by atoms with Crippen LogP contribution in [-0.4, -0.2) is 26.9 Å². The van der Waals surface area contributed by atoms with E-state index < -0.39 is 5.60 Å². The van der Waals surface area contributed by atoms with Crippen molar-refractivity contribution in [1.29, 1.82) is 0 Å². The van der Waals surface area contributed by atoms with E-state index in [0.29, 0.717) is 11.1 Å². The molecule has 94 valence electrons. The Labute approximate surface area is 99.0 Å². The third-order valence-corrected chi connectivity index (χ3v) is 4.25. The lowest BCUT2D eigenvalue weighted by Gasteiger charge is -2.33. The second-order valence-electron chi connectivity index (χ2n) is 4.93. The van der Waals surface area contributed by atoms with E-state index in [0.717, 1.165) is 19.3 Å². The Hall–Kier alpha value is -1.20. The Balaban J connectivity index is 2.16. The number of aromatic hydroxyl groups is 2. The monoisotopic (exact) mass is 239 g/mol. The maximum absolute atomic E-state index is 9.90. The van der Waals surface area contributed by atoms with Gasteiger partial charge in [0.15, 0.2) is 11.8 Å². The van der Waals surface area contributed by atoms with E-state index in [9.17, 15) is 15.3 Å². The Bertz CT molecular complexity index is 452. The third-order valence-electron chi connectivity index (χ3n) is 4.25. The van der Waals surface area contributed by atoms with Crippen LogP contribution in [0.2, 0.25) is 0 Å². The minimum Gasteiger partial charge on any atom is -0.494 e. The minimum absolute atomic E-state index is 0.00290. The van der Waals surface area contributed by atoms with E-state index >= 15 is 0 Å². The van der Waals surface area contributed by atoms with Crippen molar-refractivity contribution < 1.29 is 20.1 Å². The Morgan fingerprint density at radius 2 is 2.24 bits per heavy atom. The highest BCUT2D eigenvalue weighted by atomic mass is 16.5. The van der Waals surface area contributed by atoms with Gasteiger partial charge in [-0.1, -0.05) is 6.92 Å². The molecule has 0 radical (unpaired) electrons. The molecular weight excluding hydrogens is 222 g/mol. The molecule has 1 fully saturated rings. The molecular formula is C12H17NO4. The molecule has 2 aliphatic rings. The fourth-order valence-electron chi connectivity index (χ4n) is 3.44. The summed E-state index contributed by atoms with van der Waals surface area (Å²) in [5.41, 5.74) is 0.721. The summed E-state index contributed by atoms with van der Waals surface area (Å²) >= 11 is 0. The molecule has 3 unspecified atom stereocenters. The zero-order chi connectivity index (χ0) is 12.2. The maximum Gasteiger partial charge on any atom is 0.197 e. The minimum atomic E-state index is -0.620. The van der Waals surface area contributed by atoms with Crippen LogP contribution >= 0.6 is 0 Å². The van der Waals surface area contributed by atoms with Gasteiger partial charge in [-0.3, -0.25) is 4.98 Å². The first-order valence-corrected chi connectivity index (χ1v) is 6.07. The zero-order valence-electron chi connectivity index (χ0n) is 9.73. The lowest BCUT2D eigenvalue weighted by atomic mass is 9.75. The summed E-state index contributed by atoms with van der Waals surface area (Å²) in [7, 11) is 0. The van der Waals surface area contributed by atoms with Crippen molar-refractivity contribution in [3.8, 4) is 11.8 Å². The number of hydrogen-bond donors (Lipinski definition) is 4. The summed E-state index contributed by atoms with van der Waals surface area (Å²) in [6.07, 6.45) is 2.24. The number of rotatable bonds is 3. The fourth-order valence-corrected chi connectivity index (χ4v) is 3.44. The van der Waals surface area contributed by atoms with E-state index in [4.69, 9.17) is 4.74 Å².